The number of furan rings is 1. The minimum atomic E-state index is 0.915. The van der Waals surface area contributed by atoms with E-state index < -0.39 is 0 Å². The Morgan fingerprint density at radius 3 is 2.54 bits per heavy atom. The van der Waals surface area contributed by atoms with Crippen molar-refractivity contribution >= 4 is 0 Å². The van der Waals surface area contributed by atoms with E-state index >= 15 is 0 Å². The third-order valence-electron chi connectivity index (χ3n) is 2.14. The normalized spacial score (nSPS) is 10.7. The third-order valence-corrected chi connectivity index (χ3v) is 2.14. The van der Waals surface area contributed by atoms with Crippen LogP contribution in [0.2, 0.25) is 0 Å². The van der Waals surface area contributed by atoms with E-state index in [2.05, 4.69) is 5.10 Å². The standard InChI is InChI=1S/C10H12N2O/c1-7-4-10(11-12(7)3)9-5-8(2)13-6-9/h4-6H,1-3H3. The Hall–Kier alpha value is -1.51. The second-order valence-corrected chi connectivity index (χ2v) is 3.24. The number of hydrogen-bond acceptors (Lipinski definition) is 2. The van der Waals surface area contributed by atoms with Crippen LogP contribution in [0.3, 0.4) is 0 Å². The fourth-order valence-electron chi connectivity index (χ4n) is 1.28. The van der Waals surface area contributed by atoms with Crippen molar-refractivity contribution < 1.29 is 4.42 Å². The summed E-state index contributed by atoms with van der Waals surface area (Å²) in [5.41, 5.74) is 3.16. The predicted octanol–water partition coefficient (Wildman–Crippen LogP) is 2.30. The molecule has 0 spiro atoms. The van der Waals surface area contributed by atoms with Gasteiger partial charge in [0.05, 0.1) is 5.69 Å². The first-order chi connectivity index (χ1) is 6.16. The van der Waals surface area contributed by atoms with Gasteiger partial charge in [0.1, 0.15) is 12.0 Å². The van der Waals surface area contributed by atoms with Crippen molar-refractivity contribution in [2.24, 2.45) is 7.05 Å². The summed E-state index contributed by atoms with van der Waals surface area (Å²) in [6.07, 6.45) is 1.73. The lowest BCUT2D eigenvalue weighted by Crippen LogP contribution is -1.91. The molecule has 13 heavy (non-hydrogen) atoms. The second kappa shape index (κ2) is 2.76. The van der Waals surface area contributed by atoms with E-state index in [9.17, 15) is 0 Å². The zero-order valence-electron chi connectivity index (χ0n) is 8.03. The Labute approximate surface area is 77.0 Å². The highest BCUT2D eigenvalue weighted by molar-refractivity contribution is 5.58. The summed E-state index contributed by atoms with van der Waals surface area (Å²) in [4.78, 5) is 0. The maximum absolute atomic E-state index is 5.22. The highest BCUT2D eigenvalue weighted by Gasteiger charge is 2.05. The summed E-state index contributed by atoms with van der Waals surface area (Å²) in [6.45, 7) is 3.96. The molecular formula is C10H12N2O. The molecule has 3 nitrogen and oxygen atoms in total. The van der Waals surface area contributed by atoms with Gasteiger partial charge in [0.15, 0.2) is 0 Å². The van der Waals surface area contributed by atoms with Gasteiger partial charge in [-0.15, -0.1) is 0 Å². The van der Waals surface area contributed by atoms with Gasteiger partial charge in [0.2, 0.25) is 0 Å². The van der Waals surface area contributed by atoms with Crippen molar-refractivity contribution in [1.82, 2.24) is 9.78 Å². The van der Waals surface area contributed by atoms with Crippen LogP contribution in [0.4, 0.5) is 0 Å². The molecule has 0 saturated heterocycles. The Morgan fingerprint density at radius 2 is 2.08 bits per heavy atom. The van der Waals surface area contributed by atoms with E-state index in [0.717, 1.165) is 22.7 Å². The van der Waals surface area contributed by atoms with E-state index in [4.69, 9.17) is 4.42 Å². The van der Waals surface area contributed by atoms with Crippen molar-refractivity contribution in [3.05, 3.63) is 29.9 Å². The Morgan fingerprint density at radius 1 is 1.31 bits per heavy atom. The maximum Gasteiger partial charge on any atom is 0.101 e. The van der Waals surface area contributed by atoms with Crippen molar-refractivity contribution in [1.29, 1.82) is 0 Å². The van der Waals surface area contributed by atoms with E-state index in [1.807, 2.05) is 37.7 Å². The first-order valence-electron chi connectivity index (χ1n) is 4.23. The van der Waals surface area contributed by atoms with Gasteiger partial charge in [-0.05, 0) is 26.0 Å². The summed E-state index contributed by atoms with van der Waals surface area (Å²) >= 11 is 0. The third kappa shape index (κ3) is 1.37. The molecular weight excluding hydrogens is 164 g/mol. The lowest BCUT2D eigenvalue weighted by Gasteiger charge is -1.88. The van der Waals surface area contributed by atoms with Gasteiger partial charge in [-0.1, -0.05) is 0 Å². The molecule has 2 rings (SSSR count). The highest BCUT2D eigenvalue weighted by Crippen LogP contribution is 2.20. The van der Waals surface area contributed by atoms with Crippen molar-refractivity contribution in [2.75, 3.05) is 0 Å². The molecule has 2 heterocycles. The lowest BCUT2D eigenvalue weighted by molar-refractivity contribution is 0.534. The monoisotopic (exact) mass is 176 g/mol. The van der Waals surface area contributed by atoms with Gasteiger partial charge < -0.3 is 4.42 Å². The molecule has 0 bridgehead atoms. The Kier molecular flexibility index (Phi) is 1.72. The van der Waals surface area contributed by atoms with Crippen LogP contribution in [0.15, 0.2) is 22.8 Å². The van der Waals surface area contributed by atoms with Crippen molar-refractivity contribution in [3.8, 4) is 11.3 Å². The SMILES string of the molecule is Cc1cc(-c2cc(C)n(C)n2)co1. The molecule has 0 amide bonds. The van der Waals surface area contributed by atoms with Crippen LogP contribution < -0.4 is 0 Å². The summed E-state index contributed by atoms with van der Waals surface area (Å²) in [5, 5.41) is 4.35. The van der Waals surface area contributed by atoms with Crippen LogP contribution >= 0.6 is 0 Å². The average Bonchev–Trinajstić information content (AvgIpc) is 2.61. The molecule has 0 N–H and O–H groups in total. The summed E-state index contributed by atoms with van der Waals surface area (Å²) in [5.74, 6) is 0.915. The predicted molar refractivity (Wildman–Crippen MR) is 50.4 cm³/mol. The number of aryl methyl sites for hydroxylation is 3. The molecule has 0 aliphatic heterocycles. The smallest absolute Gasteiger partial charge is 0.101 e. The van der Waals surface area contributed by atoms with E-state index in [1.54, 1.807) is 6.26 Å². The van der Waals surface area contributed by atoms with Gasteiger partial charge in [-0.25, -0.2) is 0 Å². The lowest BCUT2D eigenvalue weighted by atomic mass is 10.2. The van der Waals surface area contributed by atoms with E-state index in [-0.39, 0.29) is 0 Å². The van der Waals surface area contributed by atoms with Crippen molar-refractivity contribution in [3.63, 3.8) is 0 Å². The summed E-state index contributed by atoms with van der Waals surface area (Å²) in [7, 11) is 1.94. The molecule has 0 aromatic carbocycles. The van der Waals surface area contributed by atoms with Crippen LogP contribution in [0.5, 0.6) is 0 Å². The fourth-order valence-corrected chi connectivity index (χ4v) is 1.28. The Balaban J connectivity index is 2.46. The first-order valence-corrected chi connectivity index (χ1v) is 4.23. The van der Waals surface area contributed by atoms with Crippen LogP contribution in [0.25, 0.3) is 11.3 Å². The fraction of sp³-hybridized carbons (Fsp3) is 0.300. The largest absolute Gasteiger partial charge is 0.469 e. The number of aromatic nitrogens is 2. The molecule has 68 valence electrons. The molecule has 2 aromatic heterocycles. The second-order valence-electron chi connectivity index (χ2n) is 3.24. The molecule has 0 aliphatic carbocycles. The molecule has 0 unspecified atom stereocenters. The quantitative estimate of drug-likeness (QED) is 0.667. The zero-order chi connectivity index (χ0) is 9.42. The number of rotatable bonds is 1. The van der Waals surface area contributed by atoms with Crippen LogP contribution in [-0.2, 0) is 7.05 Å². The molecule has 3 heteroatoms. The highest BCUT2D eigenvalue weighted by atomic mass is 16.3. The molecule has 0 atom stereocenters. The minimum absolute atomic E-state index is 0.915. The number of nitrogens with zero attached hydrogens (tertiary/aromatic N) is 2. The summed E-state index contributed by atoms with van der Waals surface area (Å²) in [6, 6.07) is 4.03. The summed E-state index contributed by atoms with van der Waals surface area (Å²) < 4.78 is 7.08. The van der Waals surface area contributed by atoms with Crippen LogP contribution in [0.1, 0.15) is 11.5 Å². The number of hydrogen-bond donors (Lipinski definition) is 0. The van der Waals surface area contributed by atoms with Gasteiger partial charge >= 0.3 is 0 Å². The topological polar surface area (TPSA) is 31.0 Å². The zero-order valence-corrected chi connectivity index (χ0v) is 8.03. The van der Waals surface area contributed by atoms with E-state index in [0.29, 0.717) is 0 Å². The van der Waals surface area contributed by atoms with Crippen LogP contribution in [-0.4, -0.2) is 9.78 Å². The molecule has 2 aromatic rings. The van der Waals surface area contributed by atoms with Crippen molar-refractivity contribution in [2.45, 2.75) is 13.8 Å². The molecule has 0 aliphatic rings. The van der Waals surface area contributed by atoms with Crippen LogP contribution in [0, 0.1) is 13.8 Å². The van der Waals surface area contributed by atoms with Gasteiger partial charge in [-0.3, -0.25) is 4.68 Å². The average molecular weight is 176 g/mol. The maximum atomic E-state index is 5.22. The first kappa shape index (κ1) is 8.10. The Bertz CT molecular complexity index is 406. The van der Waals surface area contributed by atoms with Gasteiger partial charge in [0.25, 0.3) is 0 Å². The van der Waals surface area contributed by atoms with Gasteiger partial charge in [0, 0.05) is 18.3 Å². The van der Waals surface area contributed by atoms with Gasteiger partial charge in [-0.2, -0.15) is 5.10 Å². The molecule has 0 radical (unpaired) electrons. The molecule has 0 fully saturated rings. The van der Waals surface area contributed by atoms with E-state index in [1.165, 1.54) is 0 Å². The molecule has 0 saturated carbocycles. The minimum Gasteiger partial charge on any atom is -0.469 e.